The van der Waals surface area contributed by atoms with E-state index in [1.165, 1.54) is 5.56 Å². The summed E-state index contributed by atoms with van der Waals surface area (Å²) in [6, 6.07) is 4.05. The van der Waals surface area contributed by atoms with E-state index in [4.69, 9.17) is 29.6 Å². The van der Waals surface area contributed by atoms with Crippen molar-refractivity contribution in [1.29, 1.82) is 0 Å². The molecule has 0 fully saturated rings. The van der Waals surface area contributed by atoms with Gasteiger partial charge in [0.1, 0.15) is 17.2 Å². The summed E-state index contributed by atoms with van der Waals surface area (Å²) in [7, 11) is 0. The van der Waals surface area contributed by atoms with Gasteiger partial charge in [-0.05, 0) is 31.0 Å². The molecular formula is C13H15ClN4S. The van der Waals surface area contributed by atoms with Gasteiger partial charge in [-0.3, -0.25) is 4.98 Å². The Morgan fingerprint density at radius 3 is 2.89 bits per heavy atom. The quantitative estimate of drug-likeness (QED) is 0.871. The topological polar surface area (TPSA) is 63.6 Å². The summed E-state index contributed by atoms with van der Waals surface area (Å²) in [5.74, 6) is 0.515. The number of nitrogens with two attached hydrogens (primary N) is 1. The monoisotopic (exact) mass is 294 g/mol. The zero-order chi connectivity index (χ0) is 14.0. The second-order valence-electron chi connectivity index (χ2n) is 4.36. The van der Waals surface area contributed by atoms with Crippen LogP contribution in [0.4, 0.5) is 0 Å². The molecule has 4 nitrogen and oxygen atoms in total. The molecule has 1 aromatic rings. The molecule has 2 rings (SSSR count). The molecule has 6 heteroatoms. The Labute approximate surface area is 122 Å². The molecule has 0 radical (unpaired) electrons. The van der Waals surface area contributed by atoms with E-state index in [-0.39, 0.29) is 11.1 Å². The minimum absolute atomic E-state index is 0.0607. The Balaban J connectivity index is 2.31. The standard InChI is InChI=1S/C13H15ClN4S/c1-3-8-4-5-16-9(6-8)7(2)13-17-11(14)10(19)12(15)18-13/h4-7,12H,3,15H2,1-2H3. The number of thiocarbonyl (C=S) groups is 1. The van der Waals surface area contributed by atoms with E-state index in [1.807, 2.05) is 13.0 Å². The molecule has 2 N–H and O–H groups in total. The van der Waals surface area contributed by atoms with Crippen molar-refractivity contribution in [2.24, 2.45) is 15.7 Å². The van der Waals surface area contributed by atoms with Crippen LogP contribution >= 0.6 is 23.8 Å². The number of pyridine rings is 1. The van der Waals surface area contributed by atoms with Gasteiger partial charge in [0, 0.05) is 6.20 Å². The molecule has 0 saturated carbocycles. The van der Waals surface area contributed by atoms with Gasteiger partial charge in [0.2, 0.25) is 0 Å². The van der Waals surface area contributed by atoms with E-state index in [0.29, 0.717) is 10.7 Å². The molecule has 1 aromatic heterocycles. The predicted molar refractivity (Wildman–Crippen MR) is 83.3 cm³/mol. The Bertz CT molecular complexity index is 568. The third-order valence-corrected chi connectivity index (χ3v) is 3.88. The van der Waals surface area contributed by atoms with Crippen molar-refractivity contribution in [2.75, 3.05) is 0 Å². The molecule has 0 bridgehead atoms. The van der Waals surface area contributed by atoms with Crippen LogP contribution in [0.1, 0.15) is 31.0 Å². The van der Waals surface area contributed by atoms with E-state index in [0.717, 1.165) is 12.1 Å². The maximum Gasteiger partial charge on any atom is 0.148 e. The highest BCUT2D eigenvalue weighted by atomic mass is 35.5. The molecule has 2 atom stereocenters. The first-order chi connectivity index (χ1) is 9.02. The third kappa shape index (κ3) is 3.05. The minimum atomic E-state index is -0.591. The van der Waals surface area contributed by atoms with Gasteiger partial charge in [-0.15, -0.1) is 0 Å². The molecule has 0 aliphatic carbocycles. The van der Waals surface area contributed by atoms with E-state index < -0.39 is 6.17 Å². The molecule has 2 heterocycles. The predicted octanol–water partition coefficient (Wildman–Crippen LogP) is 2.45. The van der Waals surface area contributed by atoms with Crippen LogP contribution < -0.4 is 5.73 Å². The van der Waals surface area contributed by atoms with Crippen LogP contribution in [0.3, 0.4) is 0 Å². The minimum Gasteiger partial charge on any atom is -0.305 e. The molecular weight excluding hydrogens is 280 g/mol. The molecule has 0 saturated heterocycles. The number of hydrogen-bond donors (Lipinski definition) is 1. The lowest BCUT2D eigenvalue weighted by molar-refractivity contribution is 0.872. The average Bonchev–Trinajstić information content (AvgIpc) is 2.43. The van der Waals surface area contributed by atoms with Gasteiger partial charge in [0.15, 0.2) is 0 Å². The summed E-state index contributed by atoms with van der Waals surface area (Å²) in [4.78, 5) is 13.3. The molecule has 1 aliphatic rings. The zero-order valence-corrected chi connectivity index (χ0v) is 12.4. The number of aromatic nitrogens is 1. The maximum absolute atomic E-state index is 5.97. The van der Waals surface area contributed by atoms with E-state index in [2.05, 4.69) is 28.0 Å². The van der Waals surface area contributed by atoms with Crippen molar-refractivity contribution in [3.63, 3.8) is 0 Å². The largest absolute Gasteiger partial charge is 0.305 e. The van der Waals surface area contributed by atoms with Crippen LogP contribution in [0.2, 0.25) is 0 Å². The smallest absolute Gasteiger partial charge is 0.148 e. The molecule has 0 amide bonds. The van der Waals surface area contributed by atoms with Crippen LogP contribution in [0.15, 0.2) is 28.3 Å². The van der Waals surface area contributed by atoms with Crippen molar-refractivity contribution < 1.29 is 0 Å². The highest BCUT2D eigenvalue weighted by Gasteiger charge is 2.24. The number of nitrogens with zero attached hydrogens (tertiary/aromatic N) is 3. The first-order valence-electron chi connectivity index (χ1n) is 6.09. The highest BCUT2D eigenvalue weighted by Crippen LogP contribution is 2.20. The third-order valence-electron chi connectivity index (χ3n) is 3.04. The molecule has 0 spiro atoms. The van der Waals surface area contributed by atoms with Crippen molar-refractivity contribution in [3.8, 4) is 0 Å². The Kier molecular flexibility index (Phi) is 4.39. The summed E-state index contributed by atoms with van der Waals surface area (Å²) in [6.07, 6.45) is 2.17. The first kappa shape index (κ1) is 14.2. The van der Waals surface area contributed by atoms with E-state index in [1.54, 1.807) is 6.20 Å². The maximum atomic E-state index is 5.97. The number of halogens is 1. The van der Waals surface area contributed by atoms with Crippen molar-refractivity contribution in [2.45, 2.75) is 32.4 Å². The van der Waals surface area contributed by atoms with Gasteiger partial charge in [0.25, 0.3) is 0 Å². The SMILES string of the molecule is CCc1ccnc(C(C)C2=NC(N)C(=S)C(Cl)=N2)c1. The van der Waals surface area contributed by atoms with Gasteiger partial charge in [0.05, 0.1) is 16.5 Å². The van der Waals surface area contributed by atoms with Crippen molar-refractivity contribution >= 4 is 39.7 Å². The fourth-order valence-corrected chi connectivity index (χ4v) is 2.10. The van der Waals surface area contributed by atoms with Gasteiger partial charge < -0.3 is 5.73 Å². The summed E-state index contributed by atoms with van der Waals surface area (Å²) in [5, 5.41) is 0.256. The molecule has 2 unspecified atom stereocenters. The Hall–Kier alpha value is -1.17. The summed E-state index contributed by atoms with van der Waals surface area (Å²) < 4.78 is 0. The Morgan fingerprint density at radius 1 is 1.53 bits per heavy atom. The number of rotatable bonds is 3. The zero-order valence-electron chi connectivity index (χ0n) is 10.8. The lowest BCUT2D eigenvalue weighted by Crippen LogP contribution is -2.36. The second kappa shape index (κ2) is 5.86. The molecule has 19 heavy (non-hydrogen) atoms. The lowest BCUT2D eigenvalue weighted by atomic mass is 10.0. The van der Waals surface area contributed by atoms with Crippen LogP contribution in [0, 0.1) is 0 Å². The summed E-state index contributed by atoms with van der Waals surface area (Å²) >= 11 is 11.0. The average molecular weight is 295 g/mol. The second-order valence-corrected chi connectivity index (χ2v) is 5.16. The normalized spacial score (nSPS) is 20.8. The molecule has 100 valence electrons. The number of hydrogen-bond acceptors (Lipinski definition) is 5. The fourth-order valence-electron chi connectivity index (χ4n) is 1.80. The molecule has 1 aliphatic heterocycles. The lowest BCUT2D eigenvalue weighted by Gasteiger charge is -2.19. The highest BCUT2D eigenvalue weighted by molar-refractivity contribution is 7.82. The summed E-state index contributed by atoms with van der Waals surface area (Å²) in [6.45, 7) is 4.08. The van der Waals surface area contributed by atoms with Crippen LogP contribution in [-0.2, 0) is 6.42 Å². The number of aryl methyl sites for hydroxylation is 1. The number of aliphatic imine (C=N–C) groups is 2. The molecule has 0 aromatic carbocycles. The van der Waals surface area contributed by atoms with E-state index in [9.17, 15) is 0 Å². The Morgan fingerprint density at radius 2 is 2.26 bits per heavy atom. The van der Waals surface area contributed by atoms with Gasteiger partial charge in [-0.2, -0.15) is 0 Å². The van der Waals surface area contributed by atoms with Gasteiger partial charge >= 0.3 is 0 Å². The van der Waals surface area contributed by atoms with Crippen LogP contribution in [-0.4, -0.2) is 27.0 Å². The van der Waals surface area contributed by atoms with Gasteiger partial charge in [-0.25, -0.2) is 9.98 Å². The van der Waals surface area contributed by atoms with Crippen molar-refractivity contribution in [3.05, 3.63) is 29.6 Å². The fraction of sp³-hybridized carbons (Fsp3) is 0.385. The van der Waals surface area contributed by atoms with Crippen molar-refractivity contribution in [1.82, 2.24) is 4.98 Å². The summed E-state index contributed by atoms with van der Waals surface area (Å²) in [5.41, 5.74) is 7.95. The van der Waals surface area contributed by atoms with E-state index >= 15 is 0 Å². The van der Waals surface area contributed by atoms with Gasteiger partial charge in [-0.1, -0.05) is 30.7 Å². The van der Waals surface area contributed by atoms with Crippen LogP contribution in [0.25, 0.3) is 0 Å². The van der Waals surface area contributed by atoms with Crippen LogP contribution in [0.5, 0.6) is 0 Å². The first-order valence-corrected chi connectivity index (χ1v) is 6.88. The number of amidine groups is 1.